The van der Waals surface area contributed by atoms with Gasteiger partial charge in [-0.1, -0.05) is 24.9 Å². The Hall–Kier alpha value is -0.770. The Kier molecular flexibility index (Phi) is 7.20. The summed E-state index contributed by atoms with van der Waals surface area (Å²) < 4.78 is 0. The first kappa shape index (κ1) is 13.2. The van der Waals surface area contributed by atoms with E-state index in [-0.39, 0.29) is 5.84 Å². The zero-order valence-electron chi connectivity index (χ0n) is 9.53. The molecule has 84 valence electrons. The van der Waals surface area contributed by atoms with Crippen LogP contribution in [0.5, 0.6) is 0 Å². The van der Waals surface area contributed by atoms with Gasteiger partial charge in [-0.25, -0.2) is 0 Å². The van der Waals surface area contributed by atoms with Gasteiger partial charge in [0, 0.05) is 6.04 Å². The van der Waals surface area contributed by atoms with Crippen molar-refractivity contribution < 1.29 is 5.21 Å². The summed E-state index contributed by atoms with van der Waals surface area (Å²) in [5.74, 6) is 0.287. The molecular formula is C10H23N3O. The molecule has 0 aromatic carbocycles. The number of oxime groups is 1. The van der Waals surface area contributed by atoms with E-state index in [1.807, 2.05) is 0 Å². The van der Waals surface area contributed by atoms with Crippen LogP contribution in [0.2, 0.25) is 0 Å². The molecule has 0 unspecified atom stereocenters. The molecule has 0 fully saturated rings. The van der Waals surface area contributed by atoms with Crippen LogP contribution >= 0.6 is 0 Å². The first-order valence-electron chi connectivity index (χ1n) is 5.32. The van der Waals surface area contributed by atoms with Crippen LogP contribution in [0.4, 0.5) is 0 Å². The highest BCUT2D eigenvalue weighted by molar-refractivity contribution is 5.81. The Bertz CT molecular complexity index is 169. The number of unbranched alkanes of at least 4 members (excludes halogenated alkanes) is 2. The summed E-state index contributed by atoms with van der Waals surface area (Å²) in [5.41, 5.74) is 5.47. The number of nitrogens with two attached hydrogens (primary N) is 1. The third kappa shape index (κ3) is 5.80. The van der Waals surface area contributed by atoms with Crippen LogP contribution in [0.15, 0.2) is 5.16 Å². The molecule has 0 saturated carbocycles. The van der Waals surface area contributed by atoms with Gasteiger partial charge in [0.25, 0.3) is 0 Å². The van der Waals surface area contributed by atoms with Crippen LogP contribution in [-0.4, -0.2) is 35.1 Å². The molecule has 3 N–H and O–H groups in total. The van der Waals surface area contributed by atoms with E-state index in [0.29, 0.717) is 12.6 Å². The van der Waals surface area contributed by atoms with Crippen molar-refractivity contribution in [3.05, 3.63) is 0 Å². The van der Waals surface area contributed by atoms with E-state index in [4.69, 9.17) is 10.9 Å². The van der Waals surface area contributed by atoms with Gasteiger partial charge in [0.05, 0.1) is 6.54 Å². The summed E-state index contributed by atoms with van der Waals surface area (Å²) in [7, 11) is 0. The minimum Gasteiger partial charge on any atom is -0.409 e. The Labute approximate surface area is 86.8 Å². The van der Waals surface area contributed by atoms with Gasteiger partial charge in [0.1, 0.15) is 0 Å². The quantitative estimate of drug-likeness (QED) is 0.216. The molecule has 0 heterocycles. The van der Waals surface area contributed by atoms with Crippen molar-refractivity contribution in [1.82, 2.24) is 4.90 Å². The van der Waals surface area contributed by atoms with E-state index >= 15 is 0 Å². The fourth-order valence-corrected chi connectivity index (χ4v) is 1.32. The van der Waals surface area contributed by atoms with Crippen LogP contribution in [0.3, 0.4) is 0 Å². The van der Waals surface area contributed by atoms with E-state index in [1.54, 1.807) is 0 Å². The minimum atomic E-state index is 0.287. The molecule has 0 aromatic heterocycles. The number of amidine groups is 1. The van der Waals surface area contributed by atoms with E-state index in [1.165, 1.54) is 19.3 Å². The van der Waals surface area contributed by atoms with Crippen molar-refractivity contribution in [1.29, 1.82) is 0 Å². The molecule has 0 aliphatic heterocycles. The summed E-state index contributed by atoms with van der Waals surface area (Å²) in [6.07, 6.45) is 3.63. The highest BCUT2D eigenvalue weighted by Crippen LogP contribution is 2.02. The maximum Gasteiger partial charge on any atom is 0.153 e. The highest BCUT2D eigenvalue weighted by Gasteiger charge is 2.10. The number of nitrogens with zero attached hydrogens (tertiary/aromatic N) is 2. The molecule has 4 heteroatoms. The second-order valence-electron chi connectivity index (χ2n) is 3.86. The van der Waals surface area contributed by atoms with E-state index in [2.05, 4.69) is 30.8 Å². The molecule has 4 nitrogen and oxygen atoms in total. The molecule has 0 amide bonds. The SMILES string of the molecule is CCCCCN(CC(N)=NO)C(C)C. The molecule has 0 rings (SSSR count). The Morgan fingerprint density at radius 2 is 2.07 bits per heavy atom. The lowest BCUT2D eigenvalue weighted by Gasteiger charge is -2.25. The van der Waals surface area contributed by atoms with Crippen molar-refractivity contribution in [3.8, 4) is 0 Å². The predicted octanol–water partition coefficient (Wildman–Crippen LogP) is 1.63. The van der Waals surface area contributed by atoms with E-state index in [9.17, 15) is 0 Å². The molecule has 0 aliphatic carbocycles. The summed E-state index contributed by atoms with van der Waals surface area (Å²) >= 11 is 0. The molecule has 0 bridgehead atoms. The molecular weight excluding hydrogens is 178 g/mol. The molecule has 0 atom stereocenters. The zero-order valence-corrected chi connectivity index (χ0v) is 9.53. The van der Waals surface area contributed by atoms with Crippen molar-refractivity contribution in [2.24, 2.45) is 10.9 Å². The number of rotatable bonds is 7. The molecule has 0 saturated heterocycles. The standard InChI is InChI=1S/C10H23N3O/c1-4-5-6-7-13(9(2)3)8-10(11)12-14/h9,14H,4-8H2,1-3H3,(H2,11,12). The van der Waals surface area contributed by atoms with Gasteiger partial charge >= 0.3 is 0 Å². The second-order valence-corrected chi connectivity index (χ2v) is 3.86. The lowest BCUT2D eigenvalue weighted by Crippen LogP contribution is -2.39. The molecule has 0 aliphatic rings. The molecule has 14 heavy (non-hydrogen) atoms. The fourth-order valence-electron chi connectivity index (χ4n) is 1.32. The Morgan fingerprint density at radius 1 is 1.43 bits per heavy atom. The summed E-state index contributed by atoms with van der Waals surface area (Å²) in [4.78, 5) is 2.21. The third-order valence-electron chi connectivity index (χ3n) is 2.27. The predicted molar refractivity (Wildman–Crippen MR) is 59.6 cm³/mol. The Balaban J connectivity index is 3.90. The summed E-state index contributed by atoms with van der Waals surface area (Å²) in [6.45, 7) is 8.00. The van der Waals surface area contributed by atoms with Gasteiger partial charge < -0.3 is 10.9 Å². The smallest absolute Gasteiger partial charge is 0.153 e. The number of hydrogen-bond acceptors (Lipinski definition) is 3. The largest absolute Gasteiger partial charge is 0.409 e. The average molecular weight is 201 g/mol. The summed E-state index contributed by atoms with van der Waals surface area (Å²) in [6, 6.07) is 0.437. The summed E-state index contributed by atoms with van der Waals surface area (Å²) in [5, 5.41) is 11.5. The van der Waals surface area contributed by atoms with Crippen molar-refractivity contribution in [3.63, 3.8) is 0 Å². The van der Waals surface area contributed by atoms with Crippen LogP contribution in [0.25, 0.3) is 0 Å². The van der Waals surface area contributed by atoms with Gasteiger partial charge in [-0.15, -0.1) is 0 Å². The van der Waals surface area contributed by atoms with Gasteiger partial charge in [0.2, 0.25) is 0 Å². The fraction of sp³-hybridized carbons (Fsp3) is 0.900. The van der Waals surface area contributed by atoms with Crippen LogP contribution < -0.4 is 5.73 Å². The normalized spacial score (nSPS) is 12.8. The second kappa shape index (κ2) is 7.62. The molecule has 0 spiro atoms. The van der Waals surface area contributed by atoms with Crippen molar-refractivity contribution in [2.75, 3.05) is 13.1 Å². The van der Waals surface area contributed by atoms with Gasteiger partial charge in [-0.2, -0.15) is 0 Å². The first-order valence-corrected chi connectivity index (χ1v) is 5.32. The lowest BCUT2D eigenvalue weighted by molar-refractivity contribution is 0.242. The van der Waals surface area contributed by atoms with E-state index in [0.717, 1.165) is 6.54 Å². The number of hydrogen-bond donors (Lipinski definition) is 2. The topological polar surface area (TPSA) is 61.8 Å². The monoisotopic (exact) mass is 201 g/mol. The van der Waals surface area contributed by atoms with Crippen LogP contribution in [0, 0.1) is 0 Å². The Morgan fingerprint density at radius 3 is 2.50 bits per heavy atom. The molecule has 0 radical (unpaired) electrons. The average Bonchev–Trinajstić information content (AvgIpc) is 2.16. The van der Waals surface area contributed by atoms with Gasteiger partial charge in [-0.3, -0.25) is 4.90 Å². The van der Waals surface area contributed by atoms with Gasteiger partial charge in [0.15, 0.2) is 5.84 Å². The van der Waals surface area contributed by atoms with Crippen molar-refractivity contribution >= 4 is 5.84 Å². The van der Waals surface area contributed by atoms with Crippen LogP contribution in [0.1, 0.15) is 40.0 Å². The first-order chi connectivity index (χ1) is 6.61. The highest BCUT2D eigenvalue weighted by atomic mass is 16.4. The van der Waals surface area contributed by atoms with E-state index < -0.39 is 0 Å². The lowest BCUT2D eigenvalue weighted by atomic mass is 10.2. The molecule has 0 aromatic rings. The minimum absolute atomic E-state index is 0.287. The van der Waals surface area contributed by atoms with Gasteiger partial charge in [-0.05, 0) is 26.8 Å². The van der Waals surface area contributed by atoms with Crippen molar-refractivity contribution in [2.45, 2.75) is 46.1 Å². The maximum atomic E-state index is 8.47. The van der Waals surface area contributed by atoms with Crippen LogP contribution in [-0.2, 0) is 0 Å². The zero-order chi connectivity index (χ0) is 11.0. The maximum absolute atomic E-state index is 8.47. The third-order valence-corrected chi connectivity index (χ3v) is 2.27.